The lowest BCUT2D eigenvalue weighted by Crippen LogP contribution is -2.23. The van der Waals surface area contributed by atoms with Crippen molar-refractivity contribution in [1.82, 2.24) is 4.90 Å². The number of nitrogens with zero attached hydrogens (tertiary/aromatic N) is 2. The van der Waals surface area contributed by atoms with Crippen molar-refractivity contribution >= 4 is 17.3 Å². The highest BCUT2D eigenvalue weighted by Gasteiger charge is 2.16. The van der Waals surface area contributed by atoms with Gasteiger partial charge >= 0.3 is 0 Å². The van der Waals surface area contributed by atoms with Gasteiger partial charge in [0.05, 0.1) is 12.3 Å². The van der Waals surface area contributed by atoms with Crippen LogP contribution in [0.15, 0.2) is 23.4 Å². The molecule has 0 bridgehead atoms. The maximum Gasteiger partial charge on any atom is 0.129 e. The number of likely N-dealkylation sites (tertiary alicyclic amines) is 1. The van der Waals surface area contributed by atoms with Crippen LogP contribution in [0, 0.1) is 0 Å². The summed E-state index contributed by atoms with van der Waals surface area (Å²) in [5, 5.41) is 5.04. The van der Waals surface area contributed by atoms with Crippen molar-refractivity contribution in [2.75, 3.05) is 32.8 Å². The molecule has 2 aliphatic heterocycles. The summed E-state index contributed by atoms with van der Waals surface area (Å²) in [6, 6.07) is 5.66. The fourth-order valence-electron chi connectivity index (χ4n) is 2.80. The van der Waals surface area contributed by atoms with E-state index in [1.165, 1.54) is 25.9 Å². The van der Waals surface area contributed by atoms with Crippen molar-refractivity contribution in [3.63, 3.8) is 0 Å². The molecule has 21 heavy (non-hydrogen) atoms. The zero-order valence-corrected chi connectivity index (χ0v) is 12.9. The summed E-state index contributed by atoms with van der Waals surface area (Å²) < 4.78 is 5.72. The van der Waals surface area contributed by atoms with Crippen LogP contribution in [0.4, 0.5) is 0 Å². The largest absolute Gasteiger partial charge is 0.493 e. The van der Waals surface area contributed by atoms with Crippen molar-refractivity contribution in [3.05, 3.63) is 28.8 Å². The van der Waals surface area contributed by atoms with Crippen LogP contribution in [0.3, 0.4) is 0 Å². The monoisotopic (exact) mass is 308 g/mol. The lowest BCUT2D eigenvalue weighted by Gasteiger charge is -2.13. The number of ether oxygens (including phenoxy) is 1. The summed E-state index contributed by atoms with van der Waals surface area (Å²) in [5.74, 6) is 0.846. The van der Waals surface area contributed by atoms with E-state index in [0.717, 1.165) is 36.4 Å². The number of fused-ring (bicyclic) bond motifs is 1. The number of oxime groups is 1. The van der Waals surface area contributed by atoms with Gasteiger partial charge in [-0.25, -0.2) is 0 Å². The third kappa shape index (κ3) is 3.89. The van der Waals surface area contributed by atoms with Crippen LogP contribution in [0.5, 0.6) is 5.75 Å². The third-order valence-corrected chi connectivity index (χ3v) is 4.18. The van der Waals surface area contributed by atoms with E-state index in [0.29, 0.717) is 18.2 Å². The standard InChI is InChI=1S/C16H21ClN2O2/c17-13-5-6-16-14(12-13)15(4-3-10-20-16)18-21-11-9-19-7-1-2-8-19/h5-6,12H,1-4,7-11H2/b18-15+. The highest BCUT2D eigenvalue weighted by Crippen LogP contribution is 2.27. The predicted molar refractivity (Wildman–Crippen MR) is 84.3 cm³/mol. The Morgan fingerprint density at radius 2 is 2.10 bits per heavy atom. The molecule has 0 radical (unpaired) electrons. The summed E-state index contributed by atoms with van der Waals surface area (Å²) in [6.45, 7) is 4.68. The molecular weight excluding hydrogens is 288 g/mol. The normalized spacial score (nSPS) is 20.9. The van der Waals surface area contributed by atoms with Crippen molar-refractivity contribution in [2.24, 2.45) is 5.16 Å². The molecular formula is C16H21ClN2O2. The van der Waals surface area contributed by atoms with Gasteiger partial charge in [-0.15, -0.1) is 0 Å². The number of hydrogen-bond acceptors (Lipinski definition) is 4. The molecule has 4 nitrogen and oxygen atoms in total. The minimum atomic E-state index is 0.639. The van der Waals surface area contributed by atoms with Gasteiger partial charge in [0, 0.05) is 17.1 Å². The maximum atomic E-state index is 6.08. The average Bonchev–Trinajstić information content (AvgIpc) is 2.92. The Morgan fingerprint density at radius 1 is 1.24 bits per heavy atom. The van der Waals surface area contributed by atoms with Gasteiger partial charge < -0.3 is 9.57 Å². The van der Waals surface area contributed by atoms with Gasteiger partial charge in [-0.3, -0.25) is 4.90 Å². The molecule has 2 aliphatic rings. The number of halogens is 1. The molecule has 0 N–H and O–H groups in total. The van der Waals surface area contributed by atoms with Crippen LogP contribution in [0.2, 0.25) is 5.02 Å². The highest BCUT2D eigenvalue weighted by atomic mass is 35.5. The lowest BCUT2D eigenvalue weighted by atomic mass is 10.1. The molecule has 0 spiro atoms. The molecule has 1 aromatic rings. The Labute approximate surface area is 130 Å². The predicted octanol–water partition coefficient (Wildman–Crippen LogP) is 3.33. The second-order valence-corrected chi connectivity index (χ2v) is 5.95. The van der Waals surface area contributed by atoms with E-state index in [9.17, 15) is 0 Å². The lowest BCUT2D eigenvalue weighted by molar-refractivity contribution is 0.118. The third-order valence-electron chi connectivity index (χ3n) is 3.94. The van der Waals surface area contributed by atoms with Crippen LogP contribution in [0.25, 0.3) is 0 Å². The number of benzene rings is 1. The van der Waals surface area contributed by atoms with Gasteiger partial charge in [-0.2, -0.15) is 0 Å². The number of rotatable bonds is 4. The van der Waals surface area contributed by atoms with E-state index in [2.05, 4.69) is 10.1 Å². The molecule has 3 rings (SSSR count). The molecule has 2 heterocycles. The second kappa shape index (κ2) is 7.14. The van der Waals surface area contributed by atoms with E-state index in [1.54, 1.807) is 0 Å². The van der Waals surface area contributed by atoms with E-state index < -0.39 is 0 Å². The summed E-state index contributed by atoms with van der Waals surface area (Å²) in [6.07, 6.45) is 4.41. The maximum absolute atomic E-state index is 6.08. The molecule has 0 aliphatic carbocycles. The summed E-state index contributed by atoms with van der Waals surface area (Å²) in [5.41, 5.74) is 1.90. The fourth-order valence-corrected chi connectivity index (χ4v) is 2.98. The van der Waals surface area contributed by atoms with Gasteiger partial charge in [-0.1, -0.05) is 16.8 Å². The average molecular weight is 309 g/mol. The molecule has 0 aromatic heterocycles. The van der Waals surface area contributed by atoms with E-state index >= 15 is 0 Å². The molecule has 1 aromatic carbocycles. The first-order valence-corrected chi connectivity index (χ1v) is 8.04. The second-order valence-electron chi connectivity index (χ2n) is 5.51. The zero-order chi connectivity index (χ0) is 14.5. The van der Waals surface area contributed by atoms with Gasteiger partial charge in [0.15, 0.2) is 0 Å². The number of hydrogen-bond donors (Lipinski definition) is 0. The Morgan fingerprint density at radius 3 is 2.95 bits per heavy atom. The molecule has 0 saturated carbocycles. The quantitative estimate of drug-likeness (QED) is 0.632. The Hall–Kier alpha value is -1.26. The molecule has 114 valence electrons. The molecule has 0 atom stereocenters. The minimum Gasteiger partial charge on any atom is -0.493 e. The van der Waals surface area contributed by atoms with Gasteiger partial charge in [0.2, 0.25) is 0 Å². The molecule has 5 heteroatoms. The van der Waals surface area contributed by atoms with Crippen molar-refractivity contribution in [3.8, 4) is 5.75 Å². The van der Waals surface area contributed by atoms with Crippen molar-refractivity contribution < 1.29 is 9.57 Å². The first-order valence-electron chi connectivity index (χ1n) is 7.67. The summed E-state index contributed by atoms with van der Waals surface area (Å²) in [7, 11) is 0. The Kier molecular flexibility index (Phi) is 4.99. The van der Waals surface area contributed by atoms with E-state index in [-0.39, 0.29) is 0 Å². The highest BCUT2D eigenvalue weighted by molar-refractivity contribution is 6.31. The van der Waals surface area contributed by atoms with Gasteiger partial charge in [0.1, 0.15) is 12.4 Å². The van der Waals surface area contributed by atoms with Crippen molar-refractivity contribution in [2.45, 2.75) is 25.7 Å². The van der Waals surface area contributed by atoms with E-state index in [1.807, 2.05) is 18.2 Å². The smallest absolute Gasteiger partial charge is 0.129 e. The molecule has 0 unspecified atom stereocenters. The van der Waals surface area contributed by atoms with Crippen LogP contribution >= 0.6 is 11.6 Å². The van der Waals surface area contributed by atoms with Gasteiger partial charge in [0.25, 0.3) is 0 Å². The van der Waals surface area contributed by atoms with Gasteiger partial charge in [-0.05, 0) is 57.0 Å². The van der Waals surface area contributed by atoms with Crippen LogP contribution < -0.4 is 4.74 Å². The SMILES string of the molecule is Clc1ccc2c(c1)/C(=N/OCCN1CCCC1)CCCO2. The zero-order valence-electron chi connectivity index (χ0n) is 12.2. The fraction of sp³-hybridized carbons (Fsp3) is 0.562. The van der Waals surface area contributed by atoms with E-state index in [4.69, 9.17) is 21.2 Å². The summed E-state index contributed by atoms with van der Waals surface area (Å²) >= 11 is 6.08. The van der Waals surface area contributed by atoms with Crippen molar-refractivity contribution in [1.29, 1.82) is 0 Å². The topological polar surface area (TPSA) is 34.1 Å². The Bertz CT molecular complexity index is 513. The van der Waals surface area contributed by atoms with Crippen LogP contribution in [0.1, 0.15) is 31.2 Å². The molecule has 1 fully saturated rings. The molecule has 1 saturated heterocycles. The first-order chi connectivity index (χ1) is 10.3. The minimum absolute atomic E-state index is 0.639. The van der Waals surface area contributed by atoms with Crippen LogP contribution in [-0.2, 0) is 4.84 Å². The first kappa shape index (κ1) is 14.7. The molecule has 0 amide bonds. The Balaban J connectivity index is 1.63. The summed E-state index contributed by atoms with van der Waals surface area (Å²) in [4.78, 5) is 7.95. The van der Waals surface area contributed by atoms with Crippen LogP contribution in [-0.4, -0.2) is 43.5 Å².